The van der Waals surface area contributed by atoms with Gasteiger partial charge in [0.25, 0.3) is 0 Å². The van der Waals surface area contributed by atoms with Crippen LogP contribution in [0.1, 0.15) is 174 Å². The topological polar surface area (TPSA) is 149 Å². The number of nitrogens with one attached hydrogen (secondary N) is 1. The highest BCUT2D eigenvalue weighted by Gasteiger charge is 2.44. The standard InChI is InChI=1S/C49H85NO8/c1-3-5-7-9-11-13-15-17-19-21-22-23-25-27-29-31-33-35-37-39-45(53)50-42(41-57-49-48(56)47(55)46(54)44(40-51)58-49)43(52)38-36-34-32-30-28-26-24-20-18-16-14-12-10-8-6-4-2/h5,7,11,13,17,19,22-23,27,29,33,35,42-44,46-49,51-52,54-56H,3-4,6,8-10,12,14-16,18,20-21,24-26,28,30-32,34,36-41H2,1-2H3,(H,50,53)/b7-5-,13-11-,19-17-,23-22-,29-27-,35-33-. The highest BCUT2D eigenvalue weighted by Crippen LogP contribution is 2.23. The molecule has 9 nitrogen and oxygen atoms in total. The van der Waals surface area contributed by atoms with Gasteiger partial charge in [-0.15, -0.1) is 0 Å². The van der Waals surface area contributed by atoms with Gasteiger partial charge in [-0.05, 0) is 51.4 Å². The van der Waals surface area contributed by atoms with Crippen molar-refractivity contribution in [3.63, 3.8) is 0 Å². The van der Waals surface area contributed by atoms with Crippen molar-refractivity contribution in [3.05, 3.63) is 72.9 Å². The van der Waals surface area contributed by atoms with E-state index in [-0.39, 0.29) is 18.9 Å². The van der Waals surface area contributed by atoms with Crippen molar-refractivity contribution in [1.29, 1.82) is 0 Å². The molecule has 9 heteroatoms. The van der Waals surface area contributed by atoms with Crippen molar-refractivity contribution in [1.82, 2.24) is 5.32 Å². The zero-order valence-electron chi connectivity index (χ0n) is 36.5. The number of carbonyl (C=O) groups is 1. The van der Waals surface area contributed by atoms with Gasteiger partial charge < -0.3 is 40.3 Å². The Balaban J connectivity index is 2.40. The van der Waals surface area contributed by atoms with Crippen LogP contribution >= 0.6 is 0 Å². The fourth-order valence-electron chi connectivity index (χ4n) is 6.89. The van der Waals surface area contributed by atoms with Crippen LogP contribution < -0.4 is 5.32 Å². The summed E-state index contributed by atoms with van der Waals surface area (Å²) < 4.78 is 11.2. The van der Waals surface area contributed by atoms with Crippen LogP contribution in [-0.4, -0.2) is 87.5 Å². The third kappa shape index (κ3) is 29.0. The van der Waals surface area contributed by atoms with Gasteiger partial charge in [-0.25, -0.2) is 0 Å². The van der Waals surface area contributed by atoms with Crippen molar-refractivity contribution < 1.29 is 39.8 Å². The van der Waals surface area contributed by atoms with Crippen LogP contribution in [0.3, 0.4) is 0 Å². The minimum atomic E-state index is -1.57. The first-order valence-electron chi connectivity index (χ1n) is 23.1. The number of rotatable bonds is 37. The van der Waals surface area contributed by atoms with Gasteiger partial charge in [0.1, 0.15) is 24.4 Å². The third-order valence-corrected chi connectivity index (χ3v) is 10.6. The summed E-state index contributed by atoms with van der Waals surface area (Å²) >= 11 is 0. The fourth-order valence-corrected chi connectivity index (χ4v) is 6.89. The summed E-state index contributed by atoms with van der Waals surface area (Å²) in [7, 11) is 0. The summed E-state index contributed by atoms with van der Waals surface area (Å²) in [5, 5.41) is 54.3. The second kappa shape index (κ2) is 38.8. The molecular formula is C49H85NO8. The van der Waals surface area contributed by atoms with Gasteiger partial charge in [0.2, 0.25) is 5.91 Å². The number of aliphatic hydroxyl groups excluding tert-OH is 5. The fraction of sp³-hybridized carbons (Fsp3) is 0.735. The van der Waals surface area contributed by atoms with Gasteiger partial charge in [-0.3, -0.25) is 4.79 Å². The molecule has 0 aromatic rings. The molecule has 0 bridgehead atoms. The highest BCUT2D eigenvalue weighted by molar-refractivity contribution is 5.76. The highest BCUT2D eigenvalue weighted by atomic mass is 16.7. The van der Waals surface area contributed by atoms with E-state index in [0.29, 0.717) is 12.8 Å². The number of allylic oxidation sites excluding steroid dienone is 12. The monoisotopic (exact) mass is 816 g/mol. The first kappa shape index (κ1) is 53.6. The molecule has 58 heavy (non-hydrogen) atoms. The van der Waals surface area contributed by atoms with E-state index in [1.807, 2.05) is 12.2 Å². The van der Waals surface area contributed by atoms with Crippen molar-refractivity contribution in [2.24, 2.45) is 0 Å². The summed E-state index contributed by atoms with van der Waals surface area (Å²) in [4.78, 5) is 12.9. The molecule has 7 unspecified atom stereocenters. The van der Waals surface area contributed by atoms with Crippen molar-refractivity contribution >= 4 is 5.91 Å². The lowest BCUT2D eigenvalue weighted by Gasteiger charge is -2.40. The molecule has 1 fully saturated rings. The van der Waals surface area contributed by atoms with Gasteiger partial charge in [0.05, 0.1) is 25.4 Å². The van der Waals surface area contributed by atoms with Crippen molar-refractivity contribution in [3.8, 4) is 0 Å². The van der Waals surface area contributed by atoms with E-state index in [1.54, 1.807) is 0 Å². The summed E-state index contributed by atoms with van der Waals surface area (Å²) in [6, 6.07) is -0.763. The molecule has 0 saturated carbocycles. The lowest BCUT2D eigenvalue weighted by Crippen LogP contribution is -2.60. The van der Waals surface area contributed by atoms with Crippen LogP contribution in [0.2, 0.25) is 0 Å². The van der Waals surface area contributed by atoms with Crippen LogP contribution in [0.5, 0.6) is 0 Å². The van der Waals surface area contributed by atoms with Gasteiger partial charge in [0, 0.05) is 6.42 Å². The van der Waals surface area contributed by atoms with E-state index in [1.165, 1.54) is 83.5 Å². The maximum atomic E-state index is 12.9. The van der Waals surface area contributed by atoms with Crippen LogP contribution in [0.4, 0.5) is 0 Å². The number of carbonyl (C=O) groups excluding carboxylic acids is 1. The average molecular weight is 816 g/mol. The molecule has 1 aliphatic rings. The summed E-state index contributed by atoms with van der Waals surface area (Å²) in [6.45, 7) is 3.66. The SMILES string of the molecule is CC/C=C\C/C=C\C/C=C\C/C=C\C/C=C\C/C=C\CCC(=O)NC(COC1OC(CO)C(O)C(O)C1O)C(O)CCCCCCCCCCCCCCCCCC. The number of hydrogen-bond acceptors (Lipinski definition) is 8. The lowest BCUT2D eigenvalue weighted by atomic mass is 9.99. The number of aliphatic hydroxyl groups is 5. The largest absolute Gasteiger partial charge is 0.394 e. The van der Waals surface area contributed by atoms with Crippen LogP contribution in [-0.2, 0) is 14.3 Å². The molecule has 334 valence electrons. The number of unbranched alkanes of at least 4 members (excludes halogenated alkanes) is 15. The van der Waals surface area contributed by atoms with Crippen molar-refractivity contribution in [2.75, 3.05) is 13.2 Å². The molecule has 1 rings (SSSR count). The minimum absolute atomic E-state index is 0.172. The van der Waals surface area contributed by atoms with Gasteiger partial charge >= 0.3 is 0 Å². The van der Waals surface area contributed by atoms with E-state index < -0.39 is 49.5 Å². The molecular weight excluding hydrogens is 731 g/mol. The van der Waals surface area contributed by atoms with Gasteiger partial charge in [-0.2, -0.15) is 0 Å². The number of hydrogen-bond donors (Lipinski definition) is 6. The first-order chi connectivity index (χ1) is 28.3. The second-order valence-corrected chi connectivity index (χ2v) is 15.8. The average Bonchev–Trinajstić information content (AvgIpc) is 3.22. The molecule has 1 amide bonds. The van der Waals surface area contributed by atoms with E-state index in [2.05, 4.69) is 79.9 Å². The Bertz CT molecular complexity index is 1130. The zero-order chi connectivity index (χ0) is 42.3. The molecule has 0 radical (unpaired) electrons. The van der Waals surface area contributed by atoms with Crippen LogP contribution in [0, 0.1) is 0 Å². The third-order valence-electron chi connectivity index (χ3n) is 10.6. The smallest absolute Gasteiger partial charge is 0.220 e. The zero-order valence-corrected chi connectivity index (χ0v) is 36.5. The van der Waals surface area contributed by atoms with Crippen LogP contribution in [0.25, 0.3) is 0 Å². The molecule has 0 aliphatic carbocycles. The normalized spacial score (nSPS) is 21.5. The maximum absolute atomic E-state index is 12.9. The molecule has 0 aromatic carbocycles. The molecule has 7 atom stereocenters. The predicted octanol–water partition coefficient (Wildman–Crippen LogP) is 9.78. The number of amides is 1. The van der Waals surface area contributed by atoms with Gasteiger partial charge in [-0.1, -0.05) is 189 Å². The van der Waals surface area contributed by atoms with Crippen LogP contribution in [0.15, 0.2) is 72.9 Å². The van der Waals surface area contributed by atoms with E-state index in [9.17, 15) is 30.3 Å². The first-order valence-corrected chi connectivity index (χ1v) is 23.1. The maximum Gasteiger partial charge on any atom is 0.220 e. The summed E-state index contributed by atoms with van der Waals surface area (Å²) in [6.07, 6.45) is 44.9. The van der Waals surface area contributed by atoms with E-state index >= 15 is 0 Å². The summed E-state index contributed by atoms with van der Waals surface area (Å²) in [5.74, 6) is -0.229. The Kier molecular flexibility index (Phi) is 35.9. The number of ether oxygens (including phenoxy) is 2. The Morgan fingerprint density at radius 3 is 1.48 bits per heavy atom. The van der Waals surface area contributed by atoms with Crippen molar-refractivity contribution in [2.45, 2.75) is 217 Å². The second-order valence-electron chi connectivity index (χ2n) is 15.8. The Morgan fingerprint density at radius 1 is 0.603 bits per heavy atom. The Labute approximate surface area is 353 Å². The quantitative estimate of drug-likeness (QED) is 0.0268. The molecule has 1 heterocycles. The molecule has 0 spiro atoms. The van der Waals surface area contributed by atoms with E-state index in [0.717, 1.165) is 57.8 Å². The molecule has 6 N–H and O–H groups in total. The lowest BCUT2D eigenvalue weighted by molar-refractivity contribution is -0.302. The molecule has 1 saturated heterocycles. The Morgan fingerprint density at radius 2 is 1.03 bits per heavy atom. The molecule has 1 aliphatic heterocycles. The van der Waals surface area contributed by atoms with Gasteiger partial charge in [0.15, 0.2) is 6.29 Å². The Hall–Kier alpha value is -2.37. The predicted molar refractivity (Wildman–Crippen MR) is 239 cm³/mol. The molecule has 0 aromatic heterocycles. The minimum Gasteiger partial charge on any atom is -0.394 e. The van der Waals surface area contributed by atoms with E-state index in [4.69, 9.17) is 9.47 Å². The summed E-state index contributed by atoms with van der Waals surface area (Å²) in [5.41, 5.74) is 0.